The molecule has 6 heteroatoms. The minimum absolute atomic E-state index is 0.112. The number of amides is 1. The van der Waals surface area contributed by atoms with Crippen molar-refractivity contribution >= 4 is 46.7 Å². The van der Waals surface area contributed by atoms with Gasteiger partial charge in [0.25, 0.3) is 0 Å². The van der Waals surface area contributed by atoms with E-state index >= 15 is 0 Å². The van der Waals surface area contributed by atoms with Gasteiger partial charge in [-0.1, -0.05) is 66.7 Å². The van der Waals surface area contributed by atoms with Crippen LogP contribution in [-0.2, 0) is 11.2 Å². The number of aryl methyl sites for hydroxylation is 1. The normalized spacial score (nSPS) is 11.2. The van der Waals surface area contributed by atoms with E-state index < -0.39 is 0 Å². The molecular formula is C22H22Cl2N2OS. The maximum atomic E-state index is 12.4. The van der Waals surface area contributed by atoms with Crippen LogP contribution in [0.15, 0.2) is 78.3 Å². The zero-order chi connectivity index (χ0) is 20.5. The Morgan fingerprint density at radius 1 is 1.14 bits per heavy atom. The van der Waals surface area contributed by atoms with Gasteiger partial charge in [0, 0.05) is 17.1 Å². The van der Waals surface area contributed by atoms with Crippen LogP contribution >= 0.6 is 35.1 Å². The van der Waals surface area contributed by atoms with E-state index in [-0.39, 0.29) is 12.3 Å². The number of hydrogen-bond donors (Lipinski definition) is 2. The number of hydrogen-bond acceptors (Lipinski definition) is 3. The summed E-state index contributed by atoms with van der Waals surface area (Å²) in [6.07, 6.45) is 5.65. The lowest BCUT2D eigenvalue weighted by Gasteiger charge is -2.11. The second kappa shape index (κ2) is 11.1. The summed E-state index contributed by atoms with van der Waals surface area (Å²) in [5.74, 6) is -0.112. The molecule has 0 aromatic heterocycles. The van der Waals surface area contributed by atoms with Gasteiger partial charge >= 0.3 is 0 Å². The molecule has 0 atom stereocenters. The van der Waals surface area contributed by atoms with Crippen molar-refractivity contribution in [1.82, 2.24) is 4.72 Å². The second-order valence-electron chi connectivity index (χ2n) is 6.05. The number of carbonyl (C=O) groups is 1. The Kier molecular flexibility index (Phi) is 8.87. The third-order valence-corrected chi connectivity index (χ3v) is 5.41. The summed E-state index contributed by atoms with van der Waals surface area (Å²) in [4.78, 5) is 13.4. The van der Waals surface area contributed by atoms with E-state index in [1.165, 1.54) is 11.9 Å². The molecule has 2 aromatic rings. The fourth-order valence-electron chi connectivity index (χ4n) is 2.38. The topological polar surface area (TPSA) is 41.1 Å². The van der Waals surface area contributed by atoms with Crippen LogP contribution in [0.3, 0.4) is 0 Å². The molecule has 28 heavy (non-hydrogen) atoms. The molecule has 0 saturated carbocycles. The first-order chi connectivity index (χ1) is 13.4. The van der Waals surface area contributed by atoms with Gasteiger partial charge in [-0.25, -0.2) is 0 Å². The molecule has 0 aliphatic heterocycles. The summed E-state index contributed by atoms with van der Waals surface area (Å²) in [5.41, 5.74) is 3.63. The first kappa shape index (κ1) is 22.3. The number of rotatable bonds is 9. The SMILES string of the molecule is C=C/C=C(\C=C)CNSc1ccc(C)c(NC(=O)Cc2ccc(Cl)c(Cl)c2)c1. The molecule has 1 amide bonds. The molecule has 0 unspecified atom stereocenters. The van der Waals surface area contributed by atoms with E-state index in [4.69, 9.17) is 23.2 Å². The highest BCUT2D eigenvalue weighted by Gasteiger charge is 2.09. The number of benzene rings is 2. The zero-order valence-electron chi connectivity index (χ0n) is 15.6. The minimum atomic E-state index is -0.112. The Hall–Kier alpha value is -1.98. The Morgan fingerprint density at radius 2 is 1.93 bits per heavy atom. The Morgan fingerprint density at radius 3 is 2.61 bits per heavy atom. The monoisotopic (exact) mass is 432 g/mol. The lowest BCUT2D eigenvalue weighted by Crippen LogP contribution is -2.15. The summed E-state index contributed by atoms with van der Waals surface area (Å²) >= 11 is 13.4. The van der Waals surface area contributed by atoms with Gasteiger partial charge in [-0.05, 0) is 59.8 Å². The predicted molar refractivity (Wildman–Crippen MR) is 122 cm³/mol. The average molecular weight is 433 g/mol. The molecule has 0 spiro atoms. The van der Waals surface area contributed by atoms with Gasteiger partial charge in [-0.15, -0.1) is 0 Å². The highest BCUT2D eigenvalue weighted by molar-refractivity contribution is 7.97. The lowest BCUT2D eigenvalue weighted by molar-refractivity contribution is -0.115. The minimum Gasteiger partial charge on any atom is -0.326 e. The molecule has 0 saturated heterocycles. The first-order valence-corrected chi connectivity index (χ1v) is 10.2. The lowest BCUT2D eigenvalue weighted by atomic mass is 10.1. The summed E-state index contributed by atoms with van der Waals surface area (Å²) in [7, 11) is 0. The van der Waals surface area contributed by atoms with Crippen LogP contribution < -0.4 is 10.0 Å². The van der Waals surface area contributed by atoms with Crippen LogP contribution in [-0.4, -0.2) is 12.5 Å². The van der Waals surface area contributed by atoms with E-state index in [1.54, 1.807) is 30.4 Å². The summed E-state index contributed by atoms with van der Waals surface area (Å²) in [6, 6.07) is 11.1. The predicted octanol–water partition coefficient (Wildman–Crippen LogP) is 6.38. The third kappa shape index (κ3) is 6.88. The quantitative estimate of drug-likeness (QED) is 0.356. The van der Waals surface area contributed by atoms with Crippen molar-refractivity contribution in [2.24, 2.45) is 0 Å². The van der Waals surface area contributed by atoms with Crippen LogP contribution in [0.5, 0.6) is 0 Å². The Balaban J connectivity index is 1.99. The average Bonchev–Trinajstić information content (AvgIpc) is 2.66. The van der Waals surface area contributed by atoms with Crippen molar-refractivity contribution in [1.29, 1.82) is 0 Å². The molecule has 0 aliphatic carbocycles. The van der Waals surface area contributed by atoms with Crippen LogP contribution in [0.25, 0.3) is 0 Å². The van der Waals surface area contributed by atoms with Crippen molar-refractivity contribution in [3.63, 3.8) is 0 Å². The smallest absolute Gasteiger partial charge is 0.228 e. The van der Waals surface area contributed by atoms with Crippen molar-refractivity contribution < 1.29 is 4.79 Å². The second-order valence-corrected chi connectivity index (χ2v) is 7.83. The van der Waals surface area contributed by atoms with E-state index in [9.17, 15) is 4.79 Å². The zero-order valence-corrected chi connectivity index (χ0v) is 17.9. The Labute approximate surface area is 180 Å². The van der Waals surface area contributed by atoms with Crippen molar-refractivity contribution in [2.45, 2.75) is 18.2 Å². The summed E-state index contributed by atoms with van der Waals surface area (Å²) < 4.78 is 3.28. The van der Waals surface area contributed by atoms with Crippen LogP contribution in [0.1, 0.15) is 11.1 Å². The first-order valence-electron chi connectivity index (χ1n) is 8.61. The van der Waals surface area contributed by atoms with Crippen LogP contribution in [0.2, 0.25) is 10.0 Å². The molecular weight excluding hydrogens is 411 g/mol. The van der Waals surface area contributed by atoms with Gasteiger partial charge in [-0.2, -0.15) is 0 Å². The molecule has 2 aromatic carbocycles. The number of anilines is 1. The third-order valence-electron chi connectivity index (χ3n) is 3.89. The fourth-order valence-corrected chi connectivity index (χ4v) is 3.42. The van der Waals surface area contributed by atoms with E-state index in [0.717, 1.165) is 27.3 Å². The molecule has 3 nitrogen and oxygen atoms in total. The van der Waals surface area contributed by atoms with Crippen molar-refractivity contribution in [2.75, 3.05) is 11.9 Å². The van der Waals surface area contributed by atoms with Gasteiger partial charge < -0.3 is 5.32 Å². The maximum Gasteiger partial charge on any atom is 0.228 e. The molecule has 0 radical (unpaired) electrons. The molecule has 0 aliphatic rings. The molecule has 0 heterocycles. The maximum absolute atomic E-state index is 12.4. The van der Waals surface area contributed by atoms with Gasteiger partial charge in [-0.3, -0.25) is 9.52 Å². The van der Waals surface area contributed by atoms with E-state index in [2.05, 4.69) is 23.2 Å². The van der Waals surface area contributed by atoms with Crippen molar-refractivity contribution in [3.05, 3.63) is 94.5 Å². The number of carbonyl (C=O) groups excluding carboxylic acids is 1. The Bertz CT molecular complexity index is 909. The van der Waals surface area contributed by atoms with E-state index in [0.29, 0.717) is 16.6 Å². The van der Waals surface area contributed by atoms with E-state index in [1.807, 2.05) is 31.2 Å². The largest absolute Gasteiger partial charge is 0.326 e. The standard InChI is InChI=1S/C22H22Cl2N2OS/c1-4-6-16(5-2)14-25-28-18-9-7-15(3)21(13-18)26-22(27)12-17-8-10-19(23)20(24)11-17/h4-11,13,25H,1-2,12,14H2,3H3,(H,26,27)/b16-6+. The summed E-state index contributed by atoms with van der Waals surface area (Å²) in [6.45, 7) is 10.1. The van der Waals surface area contributed by atoms with Crippen LogP contribution in [0, 0.1) is 6.92 Å². The molecule has 0 fully saturated rings. The number of allylic oxidation sites excluding steroid dienone is 2. The van der Waals surface area contributed by atoms with Gasteiger partial charge in [0.15, 0.2) is 0 Å². The highest BCUT2D eigenvalue weighted by atomic mass is 35.5. The van der Waals surface area contributed by atoms with Gasteiger partial charge in [0.1, 0.15) is 0 Å². The molecule has 0 bridgehead atoms. The van der Waals surface area contributed by atoms with Crippen molar-refractivity contribution in [3.8, 4) is 0 Å². The van der Waals surface area contributed by atoms with Gasteiger partial charge in [0.2, 0.25) is 5.91 Å². The summed E-state index contributed by atoms with van der Waals surface area (Å²) in [5, 5.41) is 3.88. The molecule has 2 N–H and O–H groups in total. The highest BCUT2D eigenvalue weighted by Crippen LogP contribution is 2.25. The molecule has 146 valence electrons. The number of halogens is 2. The molecule has 2 rings (SSSR count). The number of nitrogens with one attached hydrogen (secondary N) is 2. The fraction of sp³-hybridized carbons (Fsp3) is 0.136. The van der Waals surface area contributed by atoms with Gasteiger partial charge in [0.05, 0.1) is 16.5 Å². The van der Waals surface area contributed by atoms with Crippen LogP contribution in [0.4, 0.5) is 5.69 Å².